The number of nitrogens with one attached hydrogen (secondary N) is 1. The molecule has 1 aromatic carbocycles. The SMILES string of the molecule is COc1ccc(C)cc1-c1nc[nH]c1CCC(=O)O. The third-order valence-corrected chi connectivity index (χ3v) is 2.92. The molecule has 0 radical (unpaired) electrons. The number of carboxylic acid groups (broad SMARTS) is 1. The van der Waals surface area contributed by atoms with E-state index in [2.05, 4.69) is 9.97 Å². The largest absolute Gasteiger partial charge is 0.496 e. The fourth-order valence-electron chi connectivity index (χ4n) is 1.98. The molecule has 0 aliphatic rings. The molecule has 0 fully saturated rings. The summed E-state index contributed by atoms with van der Waals surface area (Å²) >= 11 is 0. The van der Waals surface area contributed by atoms with Crippen LogP contribution in [-0.4, -0.2) is 28.2 Å². The third-order valence-electron chi connectivity index (χ3n) is 2.92. The van der Waals surface area contributed by atoms with Gasteiger partial charge in [-0.15, -0.1) is 0 Å². The number of benzene rings is 1. The summed E-state index contributed by atoms with van der Waals surface area (Å²) in [5, 5.41) is 8.76. The van der Waals surface area contributed by atoms with Crippen LogP contribution in [0, 0.1) is 6.92 Å². The number of methoxy groups -OCH3 is 1. The van der Waals surface area contributed by atoms with E-state index < -0.39 is 5.97 Å². The summed E-state index contributed by atoms with van der Waals surface area (Å²) in [6.07, 6.45) is 2.07. The molecule has 2 N–H and O–H groups in total. The Morgan fingerprint density at radius 1 is 1.47 bits per heavy atom. The van der Waals surface area contributed by atoms with Gasteiger partial charge < -0.3 is 14.8 Å². The highest BCUT2D eigenvalue weighted by Gasteiger charge is 2.14. The van der Waals surface area contributed by atoms with Gasteiger partial charge in [-0.05, 0) is 19.1 Å². The molecule has 0 spiro atoms. The molecule has 0 atom stereocenters. The Labute approximate surface area is 111 Å². The average Bonchev–Trinajstić information content (AvgIpc) is 2.84. The van der Waals surface area contributed by atoms with Crippen LogP contribution in [0.3, 0.4) is 0 Å². The maximum atomic E-state index is 10.7. The molecule has 19 heavy (non-hydrogen) atoms. The molecule has 5 heteroatoms. The zero-order chi connectivity index (χ0) is 13.8. The van der Waals surface area contributed by atoms with Gasteiger partial charge in [-0.1, -0.05) is 11.6 Å². The van der Waals surface area contributed by atoms with Crippen molar-refractivity contribution in [3.63, 3.8) is 0 Å². The summed E-state index contributed by atoms with van der Waals surface area (Å²) in [7, 11) is 1.61. The second-order valence-corrected chi connectivity index (χ2v) is 4.33. The molecule has 0 saturated carbocycles. The van der Waals surface area contributed by atoms with Gasteiger partial charge in [0.25, 0.3) is 0 Å². The van der Waals surface area contributed by atoms with Gasteiger partial charge in [0, 0.05) is 17.7 Å². The summed E-state index contributed by atoms with van der Waals surface area (Å²) in [6, 6.07) is 5.84. The van der Waals surface area contributed by atoms with Gasteiger partial charge in [-0.3, -0.25) is 4.79 Å². The number of hydrogen-bond donors (Lipinski definition) is 2. The van der Waals surface area contributed by atoms with Gasteiger partial charge in [0.15, 0.2) is 0 Å². The molecular weight excluding hydrogens is 244 g/mol. The molecule has 0 amide bonds. The standard InChI is InChI=1S/C14H16N2O3/c1-9-3-5-12(19-2)10(7-9)14-11(15-8-16-14)4-6-13(17)18/h3,5,7-8H,4,6H2,1-2H3,(H,15,16)(H,17,18). The first kappa shape index (κ1) is 13.1. The number of aromatic amines is 1. The summed E-state index contributed by atoms with van der Waals surface area (Å²) in [6.45, 7) is 1.99. The molecular formula is C14H16N2O3. The quantitative estimate of drug-likeness (QED) is 0.865. The summed E-state index contributed by atoms with van der Waals surface area (Å²) in [5.74, 6) is -0.0916. The zero-order valence-electron chi connectivity index (χ0n) is 10.9. The van der Waals surface area contributed by atoms with Crippen LogP contribution in [0.15, 0.2) is 24.5 Å². The van der Waals surface area contributed by atoms with Crippen molar-refractivity contribution in [2.75, 3.05) is 7.11 Å². The highest BCUT2D eigenvalue weighted by Crippen LogP contribution is 2.31. The Kier molecular flexibility index (Phi) is 3.85. The van der Waals surface area contributed by atoms with Crippen LogP contribution >= 0.6 is 0 Å². The van der Waals surface area contributed by atoms with E-state index in [0.29, 0.717) is 6.42 Å². The highest BCUT2D eigenvalue weighted by molar-refractivity contribution is 5.71. The fourth-order valence-corrected chi connectivity index (χ4v) is 1.98. The van der Waals surface area contributed by atoms with Gasteiger partial charge in [0.1, 0.15) is 5.75 Å². The molecule has 1 aromatic heterocycles. The van der Waals surface area contributed by atoms with Crippen LogP contribution < -0.4 is 4.74 Å². The van der Waals surface area contributed by atoms with Crippen molar-refractivity contribution in [3.05, 3.63) is 35.8 Å². The summed E-state index contributed by atoms with van der Waals surface area (Å²) < 4.78 is 5.33. The van der Waals surface area contributed by atoms with Gasteiger partial charge in [-0.2, -0.15) is 0 Å². The van der Waals surface area contributed by atoms with Crippen molar-refractivity contribution in [3.8, 4) is 17.0 Å². The second kappa shape index (κ2) is 5.56. The van der Waals surface area contributed by atoms with Gasteiger partial charge >= 0.3 is 5.97 Å². The number of aryl methyl sites for hydroxylation is 2. The highest BCUT2D eigenvalue weighted by atomic mass is 16.5. The number of hydrogen-bond acceptors (Lipinski definition) is 3. The van der Waals surface area contributed by atoms with E-state index in [1.54, 1.807) is 13.4 Å². The smallest absolute Gasteiger partial charge is 0.303 e. The maximum Gasteiger partial charge on any atom is 0.303 e. The lowest BCUT2D eigenvalue weighted by Crippen LogP contribution is -1.99. The first-order valence-corrected chi connectivity index (χ1v) is 6.01. The minimum atomic E-state index is -0.822. The van der Waals surface area contributed by atoms with E-state index in [9.17, 15) is 4.79 Å². The second-order valence-electron chi connectivity index (χ2n) is 4.33. The van der Waals surface area contributed by atoms with Gasteiger partial charge in [-0.25, -0.2) is 4.98 Å². The minimum Gasteiger partial charge on any atom is -0.496 e. The van der Waals surface area contributed by atoms with Crippen molar-refractivity contribution in [1.29, 1.82) is 0 Å². The van der Waals surface area contributed by atoms with Crippen LogP contribution in [0.2, 0.25) is 0 Å². The number of aliphatic carboxylic acids is 1. The minimum absolute atomic E-state index is 0.0727. The lowest BCUT2D eigenvalue weighted by molar-refractivity contribution is -0.136. The lowest BCUT2D eigenvalue weighted by Gasteiger charge is -2.09. The monoisotopic (exact) mass is 260 g/mol. The number of aromatic nitrogens is 2. The number of ether oxygens (including phenoxy) is 1. The van der Waals surface area contributed by atoms with Crippen LogP contribution in [0.25, 0.3) is 11.3 Å². The van der Waals surface area contributed by atoms with Gasteiger partial charge in [0.2, 0.25) is 0 Å². The van der Waals surface area contributed by atoms with Crippen molar-refractivity contribution in [2.24, 2.45) is 0 Å². The van der Waals surface area contributed by atoms with Crippen LogP contribution in [0.4, 0.5) is 0 Å². The predicted molar refractivity (Wildman–Crippen MR) is 71.3 cm³/mol. The van der Waals surface area contributed by atoms with E-state index in [4.69, 9.17) is 9.84 Å². The Balaban J connectivity index is 2.39. The number of carboxylic acids is 1. The Morgan fingerprint density at radius 3 is 2.95 bits per heavy atom. The molecule has 5 nitrogen and oxygen atoms in total. The summed E-state index contributed by atoms with van der Waals surface area (Å²) in [4.78, 5) is 17.9. The fraction of sp³-hybridized carbons (Fsp3) is 0.286. The molecule has 100 valence electrons. The van der Waals surface area contributed by atoms with E-state index >= 15 is 0 Å². The van der Waals surface area contributed by atoms with E-state index in [1.807, 2.05) is 25.1 Å². The van der Waals surface area contributed by atoms with Crippen molar-refractivity contribution in [1.82, 2.24) is 9.97 Å². The predicted octanol–water partition coefficient (Wildman–Crippen LogP) is 2.41. The van der Waals surface area contributed by atoms with Crippen LogP contribution in [-0.2, 0) is 11.2 Å². The van der Waals surface area contributed by atoms with Crippen molar-refractivity contribution in [2.45, 2.75) is 19.8 Å². The van der Waals surface area contributed by atoms with E-state index in [-0.39, 0.29) is 6.42 Å². The summed E-state index contributed by atoms with van der Waals surface area (Å²) in [5.41, 5.74) is 3.54. The van der Waals surface area contributed by atoms with Crippen molar-refractivity contribution >= 4 is 5.97 Å². The normalized spacial score (nSPS) is 10.4. The molecule has 1 heterocycles. The first-order chi connectivity index (χ1) is 9.11. The molecule has 0 bridgehead atoms. The lowest BCUT2D eigenvalue weighted by atomic mass is 10.0. The van der Waals surface area contributed by atoms with Gasteiger partial charge in [0.05, 0.1) is 25.6 Å². The zero-order valence-corrected chi connectivity index (χ0v) is 10.9. The van der Waals surface area contributed by atoms with E-state index in [0.717, 1.165) is 28.3 Å². The van der Waals surface area contributed by atoms with Crippen LogP contribution in [0.1, 0.15) is 17.7 Å². The Hall–Kier alpha value is -2.30. The van der Waals surface area contributed by atoms with Crippen LogP contribution in [0.5, 0.6) is 5.75 Å². The molecule has 0 aliphatic heterocycles. The maximum absolute atomic E-state index is 10.7. The number of imidazole rings is 1. The molecule has 0 aliphatic carbocycles. The number of H-pyrrole nitrogens is 1. The Bertz CT molecular complexity index is 590. The number of nitrogens with zero attached hydrogens (tertiary/aromatic N) is 1. The topological polar surface area (TPSA) is 75.2 Å². The molecule has 2 rings (SSSR count). The average molecular weight is 260 g/mol. The molecule has 0 saturated heterocycles. The Morgan fingerprint density at radius 2 is 2.26 bits per heavy atom. The van der Waals surface area contributed by atoms with E-state index in [1.165, 1.54) is 0 Å². The molecule has 0 unspecified atom stereocenters. The van der Waals surface area contributed by atoms with Crippen molar-refractivity contribution < 1.29 is 14.6 Å². The third kappa shape index (κ3) is 2.93. The first-order valence-electron chi connectivity index (χ1n) is 6.01. The number of carbonyl (C=O) groups is 1. The number of rotatable bonds is 5. The molecule has 2 aromatic rings.